The van der Waals surface area contributed by atoms with Gasteiger partial charge in [0.2, 0.25) is 10.0 Å². The Hall–Kier alpha value is -1.71. The molecule has 6 nitrogen and oxygen atoms in total. The first-order valence-corrected chi connectivity index (χ1v) is 11.2. The molecule has 1 heterocycles. The third kappa shape index (κ3) is 6.40. The number of aliphatic carboxylic acids is 1. The number of benzene rings is 2. The van der Waals surface area contributed by atoms with Crippen molar-refractivity contribution in [3.63, 3.8) is 0 Å². The molecule has 0 aromatic heterocycles. The van der Waals surface area contributed by atoms with Crippen LogP contribution in [0.4, 0.5) is 4.39 Å². The van der Waals surface area contributed by atoms with Gasteiger partial charge in [0.1, 0.15) is 11.6 Å². The van der Waals surface area contributed by atoms with Crippen LogP contribution in [-0.4, -0.2) is 65.0 Å². The molecule has 3 rings (SSSR count). The van der Waals surface area contributed by atoms with Crippen molar-refractivity contribution in [1.29, 1.82) is 0 Å². The summed E-state index contributed by atoms with van der Waals surface area (Å²) in [7, 11) is -3.86. The molecule has 1 aliphatic rings. The molecule has 1 saturated heterocycles. The molecule has 31 heavy (non-hydrogen) atoms. The molecular formula is C22H25FNNaO5S. The van der Waals surface area contributed by atoms with E-state index in [0.29, 0.717) is 31.4 Å². The topological polar surface area (TPSA) is 94.9 Å². The predicted octanol–water partition coefficient (Wildman–Crippen LogP) is 3.45. The maximum atomic E-state index is 13.3. The number of carboxylic acid groups (broad SMARTS) is 1. The molecule has 2 aromatic carbocycles. The number of phenolic OH excluding ortho intramolecular Hbond substituents is 1. The van der Waals surface area contributed by atoms with Crippen LogP contribution >= 0.6 is 0 Å². The van der Waals surface area contributed by atoms with Crippen molar-refractivity contribution in [2.45, 2.75) is 36.6 Å². The number of sulfonamides is 1. The zero-order valence-electron chi connectivity index (χ0n) is 16.3. The minimum absolute atomic E-state index is 0. The standard InChI is InChI=1S/C22H24FNO5S.Na.H/c23-18-9-11-20(12-10-18)30(28,29)24-14-13-16(5-2-1-3-8-21(26)27)22(24)17-6-4-7-19(25)15-17;;/h1-2,4,6-7,9-12,15-16,22,25H,3,5,8,13-14H2,(H,26,27);;/b2-1-;;/t16-,22-;;/m0../s1. The molecule has 0 bridgehead atoms. The molecule has 2 N–H and O–H groups in total. The third-order valence-electron chi connectivity index (χ3n) is 5.24. The van der Waals surface area contributed by atoms with E-state index in [1.807, 2.05) is 6.08 Å². The number of carboxylic acids is 1. The fraction of sp³-hybridized carbons (Fsp3) is 0.318. The molecule has 0 radical (unpaired) electrons. The van der Waals surface area contributed by atoms with E-state index in [-0.39, 0.29) is 52.5 Å². The Bertz CT molecular complexity index is 1030. The zero-order valence-corrected chi connectivity index (χ0v) is 17.1. The van der Waals surface area contributed by atoms with Gasteiger partial charge in [0.05, 0.1) is 10.9 Å². The van der Waals surface area contributed by atoms with Gasteiger partial charge in [-0.05, 0) is 67.1 Å². The number of allylic oxidation sites excluding steroid dienone is 2. The van der Waals surface area contributed by atoms with E-state index in [9.17, 15) is 22.7 Å². The van der Waals surface area contributed by atoms with E-state index in [1.54, 1.807) is 24.3 Å². The van der Waals surface area contributed by atoms with Gasteiger partial charge in [0.25, 0.3) is 0 Å². The van der Waals surface area contributed by atoms with Crippen molar-refractivity contribution in [1.82, 2.24) is 4.31 Å². The van der Waals surface area contributed by atoms with Gasteiger partial charge in [-0.15, -0.1) is 0 Å². The molecule has 1 fully saturated rings. The average Bonchev–Trinajstić information content (AvgIpc) is 3.12. The van der Waals surface area contributed by atoms with Gasteiger partial charge in [0.15, 0.2) is 0 Å². The first-order valence-electron chi connectivity index (χ1n) is 9.72. The molecule has 9 heteroatoms. The van der Waals surface area contributed by atoms with Crippen LogP contribution in [0.1, 0.15) is 37.3 Å². The van der Waals surface area contributed by atoms with Crippen LogP contribution in [0.15, 0.2) is 65.6 Å². The molecule has 0 amide bonds. The van der Waals surface area contributed by atoms with Crippen LogP contribution in [-0.2, 0) is 14.8 Å². The number of aromatic hydroxyl groups is 1. The molecule has 0 spiro atoms. The minimum atomic E-state index is -3.86. The van der Waals surface area contributed by atoms with Gasteiger partial charge in [-0.3, -0.25) is 4.79 Å². The summed E-state index contributed by atoms with van der Waals surface area (Å²) in [5.41, 5.74) is 0.683. The van der Waals surface area contributed by atoms with Crippen LogP contribution in [0.25, 0.3) is 0 Å². The number of hydrogen-bond acceptors (Lipinski definition) is 4. The van der Waals surface area contributed by atoms with Crippen LogP contribution in [0.3, 0.4) is 0 Å². The van der Waals surface area contributed by atoms with Gasteiger partial charge in [0, 0.05) is 13.0 Å². The van der Waals surface area contributed by atoms with E-state index in [0.717, 1.165) is 12.1 Å². The molecule has 0 aliphatic carbocycles. The van der Waals surface area contributed by atoms with Crippen molar-refractivity contribution in [3.8, 4) is 5.75 Å². The van der Waals surface area contributed by atoms with Gasteiger partial charge >= 0.3 is 35.5 Å². The first-order chi connectivity index (χ1) is 14.3. The fourth-order valence-electron chi connectivity index (χ4n) is 3.83. The summed E-state index contributed by atoms with van der Waals surface area (Å²) in [5, 5.41) is 18.7. The Balaban J connectivity index is 0.00000341. The molecule has 0 unspecified atom stereocenters. The molecule has 1 aliphatic heterocycles. The first kappa shape index (κ1) is 25.5. The van der Waals surface area contributed by atoms with Crippen molar-refractivity contribution in [2.24, 2.45) is 5.92 Å². The zero-order chi connectivity index (χ0) is 21.7. The van der Waals surface area contributed by atoms with E-state index >= 15 is 0 Å². The number of carbonyl (C=O) groups is 1. The molecule has 2 atom stereocenters. The van der Waals surface area contributed by atoms with Crippen molar-refractivity contribution in [3.05, 3.63) is 72.1 Å². The second kappa shape index (κ2) is 11.2. The van der Waals surface area contributed by atoms with Crippen LogP contribution in [0.5, 0.6) is 5.75 Å². The Morgan fingerprint density at radius 2 is 1.87 bits per heavy atom. The molecular weight excluding hydrogens is 432 g/mol. The number of nitrogens with zero attached hydrogens (tertiary/aromatic N) is 1. The summed E-state index contributed by atoms with van der Waals surface area (Å²) in [6.07, 6.45) is 5.33. The molecule has 2 aromatic rings. The van der Waals surface area contributed by atoms with Gasteiger partial charge in [-0.1, -0.05) is 24.3 Å². The fourth-order valence-corrected chi connectivity index (χ4v) is 5.52. The van der Waals surface area contributed by atoms with Crippen molar-refractivity contribution < 1.29 is 27.8 Å². The summed E-state index contributed by atoms with van der Waals surface area (Å²) in [4.78, 5) is 10.7. The number of phenols is 1. The van der Waals surface area contributed by atoms with Crippen molar-refractivity contribution >= 4 is 45.5 Å². The average molecular weight is 457 g/mol. The van der Waals surface area contributed by atoms with E-state index in [4.69, 9.17) is 5.11 Å². The monoisotopic (exact) mass is 457 g/mol. The Morgan fingerprint density at radius 3 is 2.52 bits per heavy atom. The number of rotatable bonds is 8. The maximum absolute atomic E-state index is 13.3. The summed E-state index contributed by atoms with van der Waals surface area (Å²) >= 11 is 0. The van der Waals surface area contributed by atoms with E-state index in [2.05, 4.69) is 0 Å². The Morgan fingerprint density at radius 1 is 1.16 bits per heavy atom. The second-order valence-electron chi connectivity index (χ2n) is 7.30. The normalized spacial score (nSPS) is 19.4. The Kier molecular flexibility index (Phi) is 9.27. The van der Waals surface area contributed by atoms with Gasteiger partial charge < -0.3 is 10.2 Å². The van der Waals surface area contributed by atoms with Gasteiger partial charge in [-0.2, -0.15) is 4.31 Å². The Labute approximate surface area is 203 Å². The SMILES string of the molecule is O=C(O)CC/C=C\C[C@H]1CCN(S(=O)(=O)c2ccc(F)cc2)[C@@H]1c1cccc(O)c1.[NaH]. The molecule has 162 valence electrons. The summed E-state index contributed by atoms with van der Waals surface area (Å²) in [5.74, 6) is -1.36. The van der Waals surface area contributed by atoms with Crippen LogP contribution < -0.4 is 0 Å². The quantitative estimate of drug-likeness (QED) is 0.468. The van der Waals surface area contributed by atoms with Gasteiger partial charge in [-0.25, -0.2) is 12.8 Å². The van der Waals surface area contributed by atoms with Crippen LogP contribution in [0.2, 0.25) is 0 Å². The number of hydrogen-bond donors (Lipinski definition) is 2. The predicted molar refractivity (Wildman–Crippen MR) is 117 cm³/mol. The summed E-state index contributed by atoms with van der Waals surface area (Å²) in [6.45, 7) is 0.299. The van der Waals surface area contributed by atoms with Crippen LogP contribution in [0, 0.1) is 11.7 Å². The van der Waals surface area contributed by atoms with E-state index in [1.165, 1.54) is 22.5 Å². The van der Waals surface area contributed by atoms with Crippen molar-refractivity contribution in [2.75, 3.05) is 6.54 Å². The molecule has 0 saturated carbocycles. The van der Waals surface area contributed by atoms with E-state index < -0.39 is 27.9 Å². The number of halogens is 1. The second-order valence-corrected chi connectivity index (χ2v) is 9.19. The summed E-state index contributed by atoms with van der Waals surface area (Å²) in [6, 6.07) is 10.8. The summed E-state index contributed by atoms with van der Waals surface area (Å²) < 4.78 is 41.2. The third-order valence-corrected chi connectivity index (χ3v) is 7.13.